The Bertz CT molecular complexity index is 1050. The average molecular weight is 435 g/mol. The number of rotatable bonds is 7. The van der Waals surface area contributed by atoms with E-state index in [0.717, 1.165) is 67.4 Å². The fourth-order valence-electron chi connectivity index (χ4n) is 4.34. The van der Waals surface area contributed by atoms with Crippen LogP contribution >= 0.6 is 0 Å². The molecule has 0 aliphatic carbocycles. The van der Waals surface area contributed by atoms with E-state index in [1.165, 1.54) is 0 Å². The number of amides is 1. The number of anilines is 1. The zero-order valence-electron chi connectivity index (χ0n) is 19.7. The molecule has 0 N–H and O–H groups in total. The lowest BCUT2D eigenvalue weighted by atomic mass is 10.1. The van der Waals surface area contributed by atoms with Crippen molar-refractivity contribution in [2.45, 2.75) is 52.9 Å². The molecule has 0 bridgehead atoms. The largest absolute Gasteiger partial charge is 0.352 e. The molecule has 1 aromatic carbocycles. The van der Waals surface area contributed by atoms with E-state index < -0.39 is 0 Å². The Balaban J connectivity index is 1.68. The molecule has 0 radical (unpaired) electrons. The van der Waals surface area contributed by atoms with Crippen molar-refractivity contribution in [3.8, 4) is 5.69 Å². The molecule has 0 spiro atoms. The van der Waals surface area contributed by atoms with Crippen molar-refractivity contribution in [2.24, 2.45) is 5.92 Å². The van der Waals surface area contributed by atoms with Gasteiger partial charge < -0.3 is 9.80 Å². The van der Waals surface area contributed by atoms with Crippen LogP contribution in [0.1, 0.15) is 58.7 Å². The molecule has 1 fully saturated rings. The van der Waals surface area contributed by atoms with Gasteiger partial charge in [-0.2, -0.15) is 5.10 Å². The maximum absolute atomic E-state index is 12.5. The molecule has 0 unspecified atom stereocenters. The quantitative estimate of drug-likeness (QED) is 0.551. The minimum atomic E-state index is 0.252. The van der Waals surface area contributed by atoms with Gasteiger partial charge in [0.05, 0.1) is 17.3 Å². The second-order valence-corrected chi connectivity index (χ2v) is 9.19. The van der Waals surface area contributed by atoms with Crippen LogP contribution in [-0.2, 0) is 4.79 Å². The van der Waals surface area contributed by atoms with Crippen molar-refractivity contribution in [3.63, 3.8) is 0 Å². The molecular weight excluding hydrogens is 400 g/mol. The highest BCUT2D eigenvalue weighted by Crippen LogP contribution is 2.29. The molecule has 2 aromatic heterocycles. The molecule has 1 aliphatic rings. The number of hydrogen-bond donors (Lipinski definition) is 0. The predicted molar refractivity (Wildman–Crippen MR) is 128 cm³/mol. The molecule has 1 amide bonds. The zero-order chi connectivity index (χ0) is 22.7. The van der Waals surface area contributed by atoms with Crippen molar-refractivity contribution < 1.29 is 4.79 Å². The molecule has 0 saturated carbocycles. The van der Waals surface area contributed by atoms with Gasteiger partial charge in [0.2, 0.25) is 5.91 Å². The SMILES string of the molecule is CCC[C@@H](C)c1nc(N2CCN(C(=O)CC(C)C)CC2)c2cnn(-c3ccccc3)c2n1. The van der Waals surface area contributed by atoms with Gasteiger partial charge in [-0.3, -0.25) is 4.79 Å². The van der Waals surface area contributed by atoms with Crippen LogP contribution in [-0.4, -0.2) is 56.7 Å². The van der Waals surface area contributed by atoms with Crippen LogP contribution in [0.15, 0.2) is 36.5 Å². The standard InChI is InChI=1S/C25H34N6O/c1-5-9-19(4)23-27-24(30-14-12-29(13-15-30)22(32)16-18(2)3)21-17-26-31(25(21)28-23)20-10-7-6-8-11-20/h6-8,10-11,17-19H,5,9,12-16H2,1-4H3/t19-/m1/s1. The third kappa shape index (κ3) is 4.61. The first-order valence-corrected chi connectivity index (χ1v) is 11.8. The maximum Gasteiger partial charge on any atom is 0.222 e. The molecule has 32 heavy (non-hydrogen) atoms. The Morgan fingerprint density at radius 3 is 2.41 bits per heavy atom. The van der Waals surface area contributed by atoms with Crippen LogP contribution in [0.3, 0.4) is 0 Å². The minimum absolute atomic E-state index is 0.252. The highest BCUT2D eigenvalue weighted by atomic mass is 16.2. The monoisotopic (exact) mass is 434 g/mol. The van der Waals surface area contributed by atoms with Crippen molar-refractivity contribution in [1.82, 2.24) is 24.6 Å². The number of fused-ring (bicyclic) bond motifs is 1. The van der Waals surface area contributed by atoms with E-state index in [-0.39, 0.29) is 11.8 Å². The summed E-state index contributed by atoms with van der Waals surface area (Å²) < 4.78 is 1.91. The molecule has 1 atom stereocenters. The molecule has 1 aliphatic heterocycles. The van der Waals surface area contributed by atoms with Crippen LogP contribution in [0.5, 0.6) is 0 Å². The summed E-state index contributed by atoms with van der Waals surface area (Å²) in [5, 5.41) is 5.63. The van der Waals surface area contributed by atoms with Crippen molar-refractivity contribution in [1.29, 1.82) is 0 Å². The van der Waals surface area contributed by atoms with Crippen LogP contribution in [0.2, 0.25) is 0 Å². The summed E-state index contributed by atoms with van der Waals surface area (Å²) in [5.41, 5.74) is 1.84. The maximum atomic E-state index is 12.5. The Labute approximate surface area is 190 Å². The summed E-state index contributed by atoms with van der Waals surface area (Å²) in [4.78, 5) is 26.8. The average Bonchev–Trinajstić information content (AvgIpc) is 3.23. The third-order valence-corrected chi connectivity index (χ3v) is 6.10. The smallest absolute Gasteiger partial charge is 0.222 e. The molecule has 170 valence electrons. The van der Waals surface area contributed by atoms with Gasteiger partial charge in [0.15, 0.2) is 5.65 Å². The van der Waals surface area contributed by atoms with E-state index in [0.29, 0.717) is 12.3 Å². The number of nitrogens with zero attached hydrogens (tertiary/aromatic N) is 6. The summed E-state index contributed by atoms with van der Waals surface area (Å²) in [6.45, 7) is 11.6. The topological polar surface area (TPSA) is 67.2 Å². The lowest BCUT2D eigenvalue weighted by Gasteiger charge is -2.36. The van der Waals surface area contributed by atoms with E-state index in [4.69, 9.17) is 9.97 Å². The van der Waals surface area contributed by atoms with E-state index in [2.05, 4.69) is 37.7 Å². The number of carbonyl (C=O) groups excluding carboxylic acids is 1. The molecule has 7 heteroatoms. The first-order valence-electron chi connectivity index (χ1n) is 11.8. The highest BCUT2D eigenvalue weighted by Gasteiger charge is 2.26. The molecule has 1 saturated heterocycles. The van der Waals surface area contributed by atoms with Gasteiger partial charge in [-0.05, 0) is 24.5 Å². The van der Waals surface area contributed by atoms with Gasteiger partial charge in [-0.1, -0.05) is 52.3 Å². The van der Waals surface area contributed by atoms with Gasteiger partial charge in [0.25, 0.3) is 0 Å². The number of aromatic nitrogens is 4. The molecule has 3 aromatic rings. The predicted octanol–water partition coefficient (Wildman–Crippen LogP) is 4.41. The number of hydrogen-bond acceptors (Lipinski definition) is 5. The number of piperazine rings is 1. The normalized spacial score (nSPS) is 15.5. The van der Waals surface area contributed by atoms with Crippen LogP contribution in [0, 0.1) is 5.92 Å². The van der Waals surface area contributed by atoms with Gasteiger partial charge in [-0.25, -0.2) is 14.6 Å². The summed E-state index contributed by atoms with van der Waals surface area (Å²) in [6.07, 6.45) is 4.62. The lowest BCUT2D eigenvalue weighted by Crippen LogP contribution is -2.49. The number of para-hydroxylation sites is 1. The van der Waals surface area contributed by atoms with E-state index in [1.54, 1.807) is 0 Å². The van der Waals surface area contributed by atoms with Gasteiger partial charge >= 0.3 is 0 Å². The summed E-state index contributed by atoms with van der Waals surface area (Å²) in [7, 11) is 0. The second kappa shape index (κ2) is 9.67. The van der Waals surface area contributed by atoms with Crippen molar-refractivity contribution in [2.75, 3.05) is 31.1 Å². The van der Waals surface area contributed by atoms with Crippen molar-refractivity contribution in [3.05, 3.63) is 42.4 Å². The third-order valence-electron chi connectivity index (χ3n) is 6.10. The highest BCUT2D eigenvalue weighted by molar-refractivity contribution is 5.88. The Morgan fingerprint density at radius 2 is 1.75 bits per heavy atom. The fraction of sp³-hybridized carbons (Fsp3) is 0.520. The van der Waals surface area contributed by atoms with Crippen LogP contribution in [0.25, 0.3) is 16.7 Å². The molecule has 4 rings (SSSR count). The number of carbonyl (C=O) groups is 1. The second-order valence-electron chi connectivity index (χ2n) is 9.19. The summed E-state index contributed by atoms with van der Waals surface area (Å²) in [5.74, 6) is 2.71. The first kappa shape index (κ1) is 22.2. The lowest BCUT2D eigenvalue weighted by molar-refractivity contribution is -0.132. The molecular formula is C25H34N6O. The first-order chi connectivity index (χ1) is 15.5. The van der Waals surface area contributed by atoms with Crippen LogP contribution in [0.4, 0.5) is 5.82 Å². The Morgan fingerprint density at radius 1 is 1.03 bits per heavy atom. The molecule has 7 nitrogen and oxygen atoms in total. The summed E-state index contributed by atoms with van der Waals surface area (Å²) in [6, 6.07) is 10.1. The van der Waals surface area contributed by atoms with Gasteiger partial charge in [0, 0.05) is 38.5 Å². The van der Waals surface area contributed by atoms with Crippen molar-refractivity contribution >= 4 is 22.8 Å². The van der Waals surface area contributed by atoms with Gasteiger partial charge in [-0.15, -0.1) is 0 Å². The van der Waals surface area contributed by atoms with E-state index in [1.807, 2.05) is 46.1 Å². The number of benzene rings is 1. The fourth-order valence-corrected chi connectivity index (χ4v) is 4.34. The Kier molecular flexibility index (Phi) is 6.72. The van der Waals surface area contributed by atoms with Crippen LogP contribution < -0.4 is 4.90 Å². The van der Waals surface area contributed by atoms with E-state index >= 15 is 0 Å². The minimum Gasteiger partial charge on any atom is -0.352 e. The molecule has 3 heterocycles. The summed E-state index contributed by atoms with van der Waals surface area (Å²) >= 11 is 0. The van der Waals surface area contributed by atoms with E-state index in [9.17, 15) is 4.79 Å². The van der Waals surface area contributed by atoms with Gasteiger partial charge in [0.1, 0.15) is 11.6 Å². The Hall–Kier alpha value is -2.96. The zero-order valence-corrected chi connectivity index (χ0v) is 19.7.